The zero-order valence-corrected chi connectivity index (χ0v) is 12.8. The first-order chi connectivity index (χ1) is 9.69. The Morgan fingerprint density at radius 3 is 2.55 bits per heavy atom. The van der Waals surface area contributed by atoms with E-state index in [4.69, 9.17) is 4.74 Å². The molecule has 1 aromatic rings. The summed E-state index contributed by atoms with van der Waals surface area (Å²) in [5, 5.41) is 9.54. The van der Waals surface area contributed by atoms with Crippen LogP contribution in [0.2, 0.25) is 0 Å². The van der Waals surface area contributed by atoms with Gasteiger partial charge in [0.15, 0.2) is 0 Å². The van der Waals surface area contributed by atoms with Gasteiger partial charge in [0.05, 0.1) is 0 Å². The molecule has 2 rings (SSSR count). The molecule has 1 heterocycles. The van der Waals surface area contributed by atoms with E-state index >= 15 is 0 Å². The number of benzene rings is 1. The Morgan fingerprint density at radius 1 is 1.25 bits per heavy atom. The minimum Gasteiger partial charge on any atom is -0.492 e. The summed E-state index contributed by atoms with van der Waals surface area (Å²) in [6, 6.07) is 8.15. The second kappa shape index (κ2) is 7.09. The lowest BCUT2D eigenvalue weighted by Crippen LogP contribution is -2.43. The maximum Gasteiger partial charge on any atom is 0.122 e. The van der Waals surface area contributed by atoms with Gasteiger partial charge in [0.1, 0.15) is 12.4 Å². The lowest BCUT2D eigenvalue weighted by molar-refractivity contribution is 0.0366. The Labute approximate surface area is 122 Å². The van der Waals surface area contributed by atoms with Crippen molar-refractivity contribution < 1.29 is 9.84 Å². The SMILES string of the molecule is CCC1(CO)CCN(CCOc2ccccc2C)CC1. The van der Waals surface area contributed by atoms with E-state index < -0.39 is 0 Å². The molecule has 0 bridgehead atoms. The van der Waals surface area contributed by atoms with Gasteiger partial charge in [0.2, 0.25) is 0 Å². The van der Waals surface area contributed by atoms with Gasteiger partial charge in [-0.2, -0.15) is 0 Å². The molecule has 1 N–H and O–H groups in total. The first-order valence-corrected chi connectivity index (χ1v) is 7.71. The number of piperidine rings is 1. The largest absolute Gasteiger partial charge is 0.492 e. The van der Waals surface area contributed by atoms with Crippen molar-refractivity contribution in [1.82, 2.24) is 4.90 Å². The minimum atomic E-state index is 0.174. The first kappa shape index (κ1) is 15.3. The molecule has 0 amide bonds. The van der Waals surface area contributed by atoms with Crippen LogP contribution in [-0.2, 0) is 0 Å². The third-order valence-electron chi connectivity index (χ3n) is 4.76. The van der Waals surface area contributed by atoms with E-state index in [1.807, 2.05) is 18.2 Å². The van der Waals surface area contributed by atoms with Gasteiger partial charge in [-0.05, 0) is 56.3 Å². The fourth-order valence-corrected chi connectivity index (χ4v) is 2.88. The van der Waals surface area contributed by atoms with Gasteiger partial charge < -0.3 is 9.84 Å². The Morgan fingerprint density at radius 2 is 1.95 bits per heavy atom. The number of ether oxygens (including phenoxy) is 1. The highest BCUT2D eigenvalue weighted by Gasteiger charge is 2.31. The molecule has 0 aliphatic carbocycles. The molecule has 1 aromatic carbocycles. The zero-order chi connectivity index (χ0) is 14.4. The van der Waals surface area contributed by atoms with Crippen LogP contribution >= 0.6 is 0 Å². The van der Waals surface area contributed by atoms with Crippen molar-refractivity contribution in [2.75, 3.05) is 32.8 Å². The molecule has 1 saturated heterocycles. The molecule has 0 aromatic heterocycles. The Balaban J connectivity index is 1.73. The molecular formula is C17H27NO2. The average molecular weight is 277 g/mol. The molecule has 112 valence electrons. The lowest BCUT2D eigenvalue weighted by Gasteiger charge is -2.40. The summed E-state index contributed by atoms with van der Waals surface area (Å²) in [5.41, 5.74) is 1.37. The maximum atomic E-state index is 9.54. The highest BCUT2D eigenvalue weighted by molar-refractivity contribution is 5.31. The number of hydrogen-bond acceptors (Lipinski definition) is 3. The lowest BCUT2D eigenvalue weighted by atomic mass is 9.77. The van der Waals surface area contributed by atoms with Crippen LogP contribution in [0.15, 0.2) is 24.3 Å². The van der Waals surface area contributed by atoms with Crippen molar-refractivity contribution in [3.05, 3.63) is 29.8 Å². The number of hydrogen-bond donors (Lipinski definition) is 1. The third kappa shape index (κ3) is 3.74. The van der Waals surface area contributed by atoms with Crippen molar-refractivity contribution in [1.29, 1.82) is 0 Å². The average Bonchev–Trinajstić information content (AvgIpc) is 2.50. The van der Waals surface area contributed by atoms with Crippen LogP contribution in [0.4, 0.5) is 0 Å². The van der Waals surface area contributed by atoms with E-state index in [0.717, 1.165) is 51.3 Å². The highest BCUT2D eigenvalue weighted by atomic mass is 16.5. The fraction of sp³-hybridized carbons (Fsp3) is 0.647. The molecule has 0 saturated carbocycles. The number of para-hydroxylation sites is 1. The number of nitrogens with zero attached hydrogens (tertiary/aromatic N) is 1. The number of aliphatic hydroxyl groups excluding tert-OH is 1. The normalized spacial score (nSPS) is 18.9. The van der Waals surface area contributed by atoms with E-state index in [2.05, 4.69) is 24.8 Å². The van der Waals surface area contributed by atoms with Crippen molar-refractivity contribution in [3.8, 4) is 5.75 Å². The van der Waals surface area contributed by atoms with Gasteiger partial charge in [0, 0.05) is 13.2 Å². The molecule has 0 spiro atoms. The van der Waals surface area contributed by atoms with Crippen LogP contribution in [0.5, 0.6) is 5.75 Å². The summed E-state index contributed by atoms with van der Waals surface area (Å²) in [7, 11) is 0. The smallest absolute Gasteiger partial charge is 0.122 e. The van der Waals surface area contributed by atoms with E-state index in [1.165, 1.54) is 5.56 Å². The standard InChI is InChI=1S/C17H27NO2/c1-3-17(14-19)8-10-18(11-9-17)12-13-20-16-7-5-4-6-15(16)2/h4-7,19H,3,8-14H2,1-2H3. The fourth-order valence-electron chi connectivity index (χ4n) is 2.88. The van der Waals surface area contributed by atoms with Gasteiger partial charge in [-0.1, -0.05) is 25.1 Å². The Kier molecular flexibility index (Phi) is 5.44. The van der Waals surface area contributed by atoms with Crippen LogP contribution in [0.3, 0.4) is 0 Å². The summed E-state index contributed by atoms with van der Waals surface area (Å²) < 4.78 is 5.85. The van der Waals surface area contributed by atoms with Crippen LogP contribution in [0, 0.1) is 12.3 Å². The maximum absolute atomic E-state index is 9.54. The molecule has 0 radical (unpaired) electrons. The van der Waals surface area contributed by atoms with E-state index in [0.29, 0.717) is 6.61 Å². The van der Waals surface area contributed by atoms with Crippen molar-refractivity contribution in [3.63, 3.8) is 0 Å². The van der Waals surface area contributed by atoms with Gasteiger partial charge >= 0.3 is 0 Å². The molecule has 0 atom stereocenters. The minimum absolute atomic E-state index is 0.174. The molecule has 1 aliphatic heterocycles. The summed E-state index contributed by atoms with van der Waals surface area (Å²) in [5.74, 6) is 0.989. The second-order valence-electron chi connectivity index (χ2n) is 5.97. The number of aryl methyl sites for hydroxylation is 1. The molecule has 3 nitrogen and oxygen atoms in total. The molecule has 1 aliphatic rings. The monoisotopic (exact) mass is 277 g/mol. The summed E-state index contributed by atoms with van der Waals surface area (Å²) in [4.78, 5) is 2.45. The second-order valence-corrected chi connectivity index (χ2v) is 5.97. The third-order valence-corrected chi connectivity index (χ3v) is 4.76. The quantitative estimate of drug-likeness (QED) is 0.868. The predicted octanol–water partition coefficient (Wildman–Crippen LogP) is 2.86. The van der Waals surface area contributed by atoms with Crippen molar-refractivity contribution >= 4 is 0 Å². The molecule has 0 unspecified atom stereocenters. The topological polar surface area (TPSA) is 32.7 Å². The van der Waals surface area contributed by atoms with Crippen molar-refractivity contribution in [2.45, 2.75) is 33.1 Å². The van der Waals surface area contributed by atoms with Gasteiger partial charge in [-0.15, -0.1) is 0 Å². The Hall–Kier alpha value is -1.06. The van der Waals surface area contributed by atoms with Crippen LogP contribution in [0.1, 0.15) is 31.7 Å². The molecule has 1 fully saturated rings. The van der Waals surface area contributed by atoms with Gasteiger partial charge in [-0.25, -0.2) is 0 Å². The van der Waals surface area contributed by atoms with Crippen molar-refractivity contribution in [2.24, 2.45) is 5.41 Å². The van der Waals surface area contributed by atoms with Gasteiger partial charge in [-0.3, -0.25) is 4.90 Å². The number of likely N-dealkylation sites (tertiary alicyclic amines) is 1. The van der Waals surface area contributed by atoms with E-state index in [-0.39, 0.29) is 5.41 Å². The summed E-state index contributed by atoms with van der Waals surface area (Å²) in [6.07, 6.45) is 3.28. The van der Waals surface area contributed by atoms with Gasteiger partial charge in [0.25, 0.3) is 0 Å². The van der Waals surface area contributed by atoms with Crippen LogP contribution in [-0.4, -0.2) is 42.9 Å². The summed E-state index contributed by atoms with van der Waals surface area (Å²) >= 11 is 0. The zero-order valence-electron chi connectivity index (χ0n) is 12.8. The van der Waals surface area contributed by atoms with Crippen LogP contribution in [0.25, 0.3) is 0 Å². The summed E-state index contributed by atoms with van der Waals surface area (Å²) in [6.45, 7) is 8.46. The van der Waals surface area contributed by atoms with E-state index in [1.54, 1.807) is 0 Å². The predicted molar refractivity (Wildman–Crippen MR) is 82.2 cm³/mol. The number of rotatable bonds is 6. The number of aliphatic hydroxyl groups is 1. The first-order valence-electron chi connectivity index (χ1n) is 7.71. The van der Waals surface area contributed by atoms with Crippen LogP contribution < -0.4 is 4.74 Å². The van der Waals surface area contributed by atoms with E-state index in [9.17, 15) is 5.11 Å². The molecule has 20 heavy (non-hydrogen) atoms. The molecular weight excluding hydrogens is 250 g/mol. The highest BCUT2D eigenvalue weighted by Crippen LogP contribution is 2.33. The Bertz CT molecular complexity index is 405. The molecule has 3 heteroatoms.